The van der Waals surface area contributed by atoms with Crippen LogP contribution in [0.2, 0.25) is 0 Å². The Balaban J connectivity index is 2.21. The van der Waals surface area contributed by atoms with Gasteiger partial charge in [0.05, 0.1) is 11.3 Å². The number of benzene rings is 1. The summed E-state index contributed by atoms with van der Waals surface area (Å²) in [6.07, 6.45) is 4.25. The third kappa shape index (κ3) is 2.47. The van der Waals surface area contributed by atoms with Gasteiger partial charge in [-0.15, -0.1) is 0 Å². The Hall–Kier alpha value is -1.58. The van der Waals surface area contributed by atoms with Crippen molar-refractivity contribution < 1.29 is 9.18 Å². The first kappa shape index (κ1) is 12.9. The summed E-state index contributed by atoms with van der Waals surface area (Å²) in [7, 11) is 1.62. The molecule has 4 heteroatoms. The molecule has 0 radical (unpaired) electrons. The lowest BCUT2D eigenvalue weighted by atomic mass is 9.99. The Labute approximate surface area is 107 Å². The highest BCUT2D eigenvalue weighted by Gasteiger charge is 2.31. The maximum atomic E-state index is 13.6. The predicted octanol–water partition coefficient (Wildman–Crippen LogP) is 2.93. The highest BCUT2D eigenvalue weighted by Crippen LogP contribution is 2.30. The van der Waals surface area contributed by atoms with Gasteiger partial charge in [0.2, 0.25) is 0 Å². The average molecular weight is 250 g/mol. The minimum Gasteiger partial charge on any atom is -0.385 e. The van der Waals surface area contributed by atoms with Gasteiger partial charge in [0.25, 0.3) is 5.91 Å². The fourth-order valence-corrected chi connectivity index (χ4v) is 2.59. The highest BCUT2D eigenvalue weighted by atomic mass is 19.1. The summed E-state index contributed by atoms with van der Waals surface area (Å²) < 4.78 is 13.6. The molecule has 98 valence electrons. The van der Waals surface area contributed by atoms with Crippen molar-refractivity contribution >= 4 is 11.6 Å². The summed E-state index contributed by atoms with van der Waals surface area (Å²) >= 11 is 0. The molecule has 0 spiro atoms. The summed E-state index contributed by atoms with van der Waals surface area (Å²) in [5.41, 5.74) is 0.483. The van der Waals surface area contributed by atoms with E-state index in [1.165, 1.54) is 6.07 Å². The number of carbonyl (C=O) groups excluding carboxylic acids is 1. The number of halogens is 1. The van der Waals surface area contributed by atoms with E-state index in [0.717, 1.165) is 25.7 Å². The number of amides is 1. The Morgan fingerprint density at radius 3 is 2.61 bits per heavy atom. The molecule has 18 heavy (non-hydrogen) atoms. The fourth-order valence-electron chi connectivity index (χ4n) is 2.59. The van der Waals surface area contributed by atoms with E-state index in [0.29, 0.717) is 5.56 Å². The Kier molecular flexibility index (Phi) is 3.55. The van der Waals surface area contributed by atoms with Crippen molar-refractivity contribution in [2.24, 2.45) is 0 Å². The molecule has 0 heterocycles. The standard InChI is InChI=1S/C14H19FN2O/c1-14(8-3-4-9-14)17-13(18)10-6-5-7-11(15)12(10)16-2/h5-7,16H,3-4,8-9H2,1-2H3,(H,17,18). The first-order valence-electron chi connectivity index (χ1n) is 6.34. The molecule has 0 aliphatic heterocycles. The molecule has 1 fully saturated rings. The second-order valence-corrected chi connectivity index (χ2v) is 5.13. The minimum atomic E-state index is -0.401. The van der Waals surface area contributed by atoms with Gasteiger partial charge in [-0.1, -0.05) is 18.9 Å². The van der Waals surface area contributed by atoms with Gasteiger partial charge < -0.3 is 10.6 Å². The summed E-state index contributed by atoms with van der Waals surface area (Å²) in [5.74, 6) is -0.607. The quantitative estimate of drug-likeness (QED) is 0.866. The van der Waals surface area contributed by atoms with E-state index < -0.39 is 5.82 Å². The second-order valence-electron chi connectivity index (χ2n) is 5.13. The first-order valence-corrected chi connectivity index (χ1v) is 6.34. The van der Waals surface area contributed by atoms with Gasteiger partial charge in [-0.3, -0.25) is 4.79 Å². The van der Waals surface area contributed by atoms with Gasteiger partial charge in [-0.05, 0) is 31.9 Å². The van der Waals surface area contributed by atoms with Crippen molar-refractivity contribution in [3.05, 3.63) is 29.6 Å². The molecule has 1 amide bonds. The van der Waals surface area contributed by atoms with E-state index >= 15 is 0 Å². The summed E-state index contributed by atoms with van der Waals surface area (Å²) in [4.78, 5) is 12.2. The number of rotatable bonds is 3. The number of hydrogen-bond acceptors (Lipinski definition) is 2. The van der Waals surface area contributed by atoms with Gasteiger partial charge in [0, 0.05) is 12.6 Å². The van der Waals surface area contributed by atoms with Gasteiger partial charge in [0.1, 0.15) is 5.82 Å². The van der Waals surface area contributed by atoms with Crippen molar-refractivity contribution in [2.75, 3.05) is 12.4 Å². The molecule has 2 N–H and O–H groups in total. The van der Waals surface area contributed by atoms with Crippen LogP contribution in [0.3, 0.4) is 0 Å². The maximum absolute atomic E-state index is 13.6. The summed E-state index contributed by atoms with van der Waals surface area (Å²) in [5, 5.41) is 5.77. The number of anilines is 1. The number of carbonyl (C=O) groups is 1. The van der Waals surface area contributed by atoms with E-state index in [4.69, 9.17) is 0 Å². The zero-order valence-corrected chi connectivity index (χ0v) is 10.8. The van der Waals surface area contributed by atoms with Gasteiger partial charge in [-0.2, -0.15) is 0 Å². The molecule has 0 unspecified atom stereocenters. The van der Waals surface area contributed by atoms with E-state index in [2.05, 4.69) is 17.6 Å². The number of para-hydroxylation sites is 1. The van der Waals surface area contributed by atoms with E-state index in [-0.39, 0.29) is 17.1 Å². The first-order chi connectivity index (χ1) is 8.56. The molecule has 0 atom stereocenters. The van der Waals surface area contributed by atoms with Crippen LogP contribution < -0.4 is 10.6 Å². The van der Waals surface area contributed by atoms with Gasteiger partial charge in [-0.25, -0.2) is 4.39 Å². The van der Waals surface area contributed by atoms with E-state index in [1.807, 2.05) is 0 Å². The third-order valence-electron chi connectivity index (χ3n) is 3.63. The molecule has 1 aromatic carbocycles. The van der Waals surface area contributed by atoms with Gasteiger partial charge in [0.15, 0.2) is 0 Å². The molecule has 0 aromatic heterocycles. The van der Waals surface area contributed by atoms with Crippen LogP contribution in [0.5, 0.6) is 0 Å². The molecule has 1 aliphatic carbocycles. The molecule has 0 bridgehead atoms. The van der Waals surface area contributed by atoms with E-state index in [1.54, 1.807) is 19.2 Å². The van der Waals surface area contributed by atoms with Crippen molar-refractivity contribution in [1.82, 2.24) is 5.32 Å². The molecule has 3 nitrogen and oxygen atoms in total. The Morgan fingerprint density at radius 1 is 1.33 bits per heavy atom. The van der Waals surface area contributed by atoms with Crippen LogP contribution >= 0.6 is 0 Å². The number of nitrogens with one attached hydrogen (secondary N) is 2. The average Bonchev–Trinajstić information content (AvgIpc) is 2.75. The Bertz CT molecular complexity index is 453. The predicted molar refractivity (Wildman–Crippen MR) is 70.3 cm³/mol. The van der Waals surface area contributed by atoms with E-state index in [9.17, 15) is 9.18 Å². The largest absolute Gasteiger partial charge is 0.385 e. The monoisotopic (exact) mass is 250 g/mol. The fraction of sp³-hybridized carbons (Fsp3) is 0.500. The summed E-state index contributed by atoms with van der Waals surface area (Å²) in [6, 6.07) is 4.55. The maximum Gasteiger partial charge on any atom is 0.253 e. The lowest BCUT2D eigenvalue weighted by molar-refractivity contribution is 0.0908. The van der Waals surface area contributed by atoms with Crippen LogP contribution in [0.15, 0.2) is 18.2 Å². The van der Waals surface area contributed by atoms with Gasteiger partial charge >= 0.3 is 0 Å². The smallest absolute Gasteiger partial charge is 0.253 e. The van der Waals surface area contributed by atoms with Crippen LogP contribution in [-0.4, -0.2) is 18.5 Å². The van der Waals surface area contributed by atoms with Crippen molar-refractivity contribution in [3.8, 4) is 0 Å². The molecule has 1 saturated carbocycles. The summed E-state index contributed by atoms with van der Waals surface area (Å²) in [6.45, 7) is 2.05. The van der Waals surface area contributed by atoms with Crippen molar-refractivity contribution in [3.63, 3.8) is 0 Å². The SMILES string of the molecule is CNc1c(F)cccc1C(=O)NC1(C)CCCC1. The molecule has 0 saturated heterocycles. The molecule has 2 rings (SSSR count). The third-order valence-corrected chi connectivity index (χ3v) is 3.63. The van der Waals surface area contributed by atoms with Crippen LogP contribution in [0.4, 0.5) is 10.1 Å². The zero-order valence-electron chi connectivity index (χ0n) is 10.8. The molecular formula is C14H19FN2O. The minimum absolute atomic E-state index is 0.144. The van der Waals surface area contributed by atoms with Crippen LogP contribution in [0.25, 0.3) is 0 Å². The van der Waals surface area contributed by atoms with Crippen LogP contribution in [-0.2, 0) is 0 Å². The zero-order chi connectivity index (χ0) is 13.2. The van der Waals surface area contributed by atoms with Crippen LogP contribution in [0.1, 0.15) is 43.0 Å². The van der Waals surface area contributed by atoms with Crippen molar-refractivity contribution in [2.45, 2.75) is 38.1 Å². The molecule has 1 aromatic rings. The number of hydrogen-bond donors (Lipinski definition) is 2. The lowest BCUT2D eigenvalue weighted by Crippen LogP contribution is -2.43. The van der Waals surface area contributed by atoms with Crippen LogP contribution in [0, 0.1) is 5.82 Å². The highest BCUT2D eigenvalue weighted by molar-refractivity contribution is 6.00. The second kappa shape index (κ2) is 4.96. The van der Waals surface area contributed by atoms with Crippen molar-refractivity contribution in [1.29, 1.82) is 0 Å². The Morgan fingerprint density at radius 2 is 2.00 bits per heavy atom. The normalized spacial score (nSPS) is 17.5. The lowest BCUT2D eigenvalue weighted by Gasteiger charge is -2.25. The molecule has 1 aliphatic rings. The topological polar surface area (TPSA) is 41.1 Å². The molecular weight excluding hydrogens is 231 g/mol.